The zero-order valence-electron chi connectivity index (χ0n) is 18.9. The maximum atomic E-state index is 5.89. The van der Waals surface area contributed by atoms with E-state index in [1.54, 1.807) is 14.2 Å². The molecule has 1 aromatic heterocycles. The van der Waals surface area contributed by atoms with Crippen LogP contribution in [-0.4, -0.2) is 41.9 Å². The SMILES string of the molecule is CCCOc1cc(C)ccc1CNC(=NC)NCc1nc(-c2ccc(OC)cc2)n[nH]1.I. The predicted molar refractivity (Wildman–Crippen MR) is 138 cm³/mol. The van der Waals surface area contributed by atoms with Gasteiger partial charge in [0.25, 0.3) is 0 Å². The summed E-state index contributed by atoms with van der Waals surface area (Å²) in [5.41, 5.74) is 3.18. The lowest BCUT2D eigenvalue weighted by molar-refractivity contribution is 0.313. The number of nitrogens with zero attached hydrogens (tertiary/aromatic N) is 3. The van der Waals surface area contributed by atoms with Gasteiger partial charge in [0.05, 0.1) is 20.3 Å². The number of methoxy groups -OCH3 is 1. The van der Waals surface area contributed by atoms with Crippen molar-refractivity contribution in [3.05, 3.63) is 59.4 Å². The summed E-state index contributed by atoms with van der Waals surface area (Å²) in [6.07, 6.45) is 0.972. The van der Waals surface area contributed by atoms with Gasteiger partial charge in [0.15, 0.2) is 11.8 Å². The van der Waals surface area contributed by atoms with Crippen LogP contribution in [0.2, 0.25) is 0 Å². The minimum Gasteiger partial charge on any atom is -0.497 e. The van der Waals surface area contributed by atoms with Gasteiger partial charge in [-0.15, -0.1) is 24.0 Å². The van der Waals surface area contributed by atoms with Gasteiger partial charge >= 0.3 is 0 Å². The summed E-state index contributed by atoms with van der Waals surface area (Å²) >= 11 is 0. The monoisotopic (exact) mass is 550 g/mol. The Hall–Kier alpha value is -2.82. The molecule has 3 N–H and O–H groups in total. The van der Waals surface area contributed by atoms with Crippen LogP contribution >= 0.6 is 24.0 Å². The highest BCUT2D eigenvalue weighted by atomic mass is 127. The summed E-state index contributed by atoms with van der Waals surface area (Å²) in [5, 5.41) is 13.8. The number of H-pyrrole nitrogens is 1. The third-order valence-electron chi connectivity index (χ3n) is 4.66. The van der Waals surface area contributed by atoms with E-state index in [9.17, 15) is 0 Å². The fourth-order valence-electron chi connectivity index (χ4n) is 2.96. The van der Waals surface area contributed by atoms with Crippen molar-refractivity contribution in [1.29, 1.82) is 0 Å². The first-order valence-corrected chi connectivity index (χ1v) is 10.4. The number of ether oxygens (including phenoxy) is 2. The smallest absolute Gasteiger partial charge is 0.191 e. The van der Waals surface area contributed by atoms with Crippen LogP contribution < -0.4 is 20.1 Å². The molecule has 9 heteroatoms. The molecule has 32 heavy (non-hydrogen) atoms. The van der Waals surface area contributed by atoms with Gasteiger partial charge in [-0.05, 0) is 49.2 Å². The van der Waals surface area contributed by atoms with Crippen LogP contribution in [0.3, 0.4) is 0 Å². The lowest BCUT2D eigenvalue weighted by Gasteiger charge is -2.15. The molecule has 0 saturated heterocycles. The molecule has 0 unspecified atom stereocenters. The number of halogens is 1. The molecule has 0 spiro atoms. The molecule has 172 valence electrons. The van der Waals surface area contributed by atoms with Crippen LogP contribution in [0.4, 0.5) is 0 Å². The number of aryl methyl sites for hydroxylation is 1. The van der Waals surface area contributed by atoms with Crippen LogP contribution in [0.25, 0.3) is 11.4 Å². The molecular formula is C23H31IN6O2. The first-order valence-electron chi connectivity index (χ1n) is 10.4. The summed E-state index contributed by atoms with van der Waals surface area (Å²) in [5.74, 6) is 3.73. The van der Waals surface area contributed by atoms with E-state index in [-0.39, 0.29) is 24.0 Å². The van der Waals surface area contributed by atoms with Crippen LogP contribution in [0.15, 0.2) is 47.5 Å². The van der Waals surface area contributed by atoms with E-state index < -0.39 is 0 Å². The Kier molecular flexibility index (Phi) is 10.3. The Balaban J connectivity index is 0.00000363. The minimum absolute atomic E-state index is 0. The number of aromatic nitrogens is 3. The van der Waals surface area contributed by atoms with Gasteiger partial charge in [0, 0.05) is 24.7 Å². The molecule has 3 rings (SSSR count). The molecule has 1 heterocycles. The second-order valence-corrected chi connectivity index (χ2v) is 7.07. The summed E-state index contributed by atoms with van der Waals surface area (Å²) < 4.78 is 11.1. The van der Waals surface area contributed by atoms with Crippen molar-refractivity contribution < 1.29 is 9.47 Å². The van der Waals surface area contributed by atoms with Crippen molar-refractivity contribution in [2.45, 2.75) is 33.4 Å². The summed E-state index contributed by atoms with van der Waals surface area (Å²) in [6.45, 7) is 5.94. The maximum Gasteiger partial charge on any atom is 0.191 e. The van der Waals surface area contributed by atoms with Gasteiger partial charge in [-0.2, -0.15) is 5.10 Å². The molecule has 0 saturated carbocycles. The highest BCUT2D eigenvalue weighted by molar-refractivity contribution is 14.0. The number of aliphatic imine (C=N–C) groups is 1. The van der Waals surface area contributed by atoms with Gasteiger partial charge in [-0.25, -0.2) is 4.98 Å². The van der Waals surface area contributed by atoms with Crippen molar-refractivity contribution in [2.75, 3.05) is 20.8 Å². The standard InChI is InChI=1S/C23H30N6O2.HI/c1-5-12-31-20-13-16(2)6-7-18(20)14-25-23(24-3)26-15-21-27-22(29-28-21)17-8-10-19(30-4)11-9-17;/h6-11,13H,5,12,14-15H2,1-4H3,(H2,24,25,26)(H,27,28,29);1H. The number of guanidine groups is 1. The van der Waals surface area contributed by atoms with E-state index in [0.717, 1.165) is 34.9 Å². The second-order valence-electron chi connectivity index (χ2n) is 7.07. The highest BCUT2D eigenvalue weighted by Gasteiger charge is 2.09. The molecule has 0 fully saturated rings. The average molecular weight is 550 g/mol. The fraction of sp³-hybridized carbons (Fsp3) is 0.348. The summed E-state index contributed by atoms with van der Waals surface area (Å²) in [6, 6.07) is 13.9. The molecule has 0 aliphatic rings. The minimum atomic E-state index is 0. The Morgan fingerprint density at radius 2 is 1.84 bits per heavy atom. The summed E-state index contributed by atoms with van der Waals surface area (Å²) in [7, 11) is 3.38. The first kappa shape index (κ1) is 25.4. The number of aromatic amines is 1. The molecule has 0 amide bonds. The Bertz CT molecular complexity index is 1000. The molecule has 0 bridgehead atoms. The third-order valence-corrected chi connectivity index (χ3v) is 4.66. The number of hydrogen-bond acceptors (Lipinski definition) is 5. The number of benzene rings is 2. The van der Waals surface area contributed by atoms with E-state index in [0.29, 0.717) is 31.5 Å². The van der Waals surface area contributed by atoms with Crippen molar-refractivity contribution in [3.8, 4) is 22.9 Å². The van der Waals surface area contributed by atoms with Crippen LogP contribution in [0.1, 0.15) is 30.3 Å². The predicted octanol–water partition coefficient (Wildman–Crippen LogP) is 4.06. The second kappa shape index (κ2) is 12.9. The fourth-order valence-corrected chi connectivity index (χ4v) is 2.96. The molecule has 0 aliphatic carbocycles. The van der Waals surface area contributed by atoms with Gasteiger partial charge in [-0.1, -0.05) is 19.1 Å². The Labute approximate surface area is 206 Å². The van der Waals surface area contributed by atoms with Crippen molar-refractivity contribution in [3.63, 3.8) is 0 Å². The van der Waals surface area contributed by atoms with Gasteiger partial charge in [0.1, 0.15) is 17.3 Å². The maximum absolute atomic E-state index is 5.89. The van der Waals surface area contributed by atoms with E-state index in [4.69, 9.17) is 9.47 Å². The molecule has 0 aliphatic heterocycles. The average Bonchev–Trinajstić information content (AvgIpc) is 3.27. The molecule has 8 nitrogen and oxygen atoms in total. The molecular weight excluding hydrogens is 519 g/mol. The number of nitrogens with one attached hydrogen (secondary N) is 3. The first-order chi connectivity index (χ1) is 15.1. The van der Waals surface area contributed by atoms with Gasteiger partial charge in [-0.3, -0.25) is 10.1 Å². The van der Waals surface area contributed by atoms with Crippen LogP contribution in [0.5, 0.6) is 11.5 Å². The van der Waals surface area contributed by atoms with E-state index in [1.165, 1.54) is 5.56 Å². The molecule has 0 radical (unpaired) electrons. The molecule has 0 atom stereocenters. The largest absolute Gasteiger partial charge is 0.497 e. The number of hydrogen-bond donors (Lipinski definition) is 3. The zero-order chi connectivity index (χ0) is 22.1. The summed E-state index contributed by atoms with van der Waals surface area (Å²) in [4.78, 5) is 8.83. The zero-order valence-corrected chi connectivity index (χ0v) is 21.3. The van der Waals surface area contributed by atoms with Crippen molar-refractivity contribution in [2.24, 2.45) is 4.99 Å². The van der Waals surface area contributed by atoms with E-state index >= 15 is 0 Å². The quantitative estimate of drug-likeness (QED) is 0.211. The van der Waals surface area contributed by atoms with Gasteiger partial charge in [0.2, 0.25) is 0 Å². The normalized spacial score (nSPS) is 10.9. The topological polar surface area (TPSA) is 96.4 Å². The Morgan fingerprint density at radius 3 is 2.53 bits per heavy atom. The lowest BCUT2D eigenvalue weighted by Crippen LogP contribution is -2.36. The van der Waals surface area contributed by atoms with E-state index in [2.05, 4.69) is 62.9 Å². The molecule has 2 aromatic carbocycles. The molecule has 3 aromatic rings. The lowest BCUT2D eigenvalue weighted by atomic mass is 10.1. The highest BCUT2D eigenvalue weighted by Crippen LogP contribution is 2.21. The van der Waals surface area contributed by atoms with Crippen molar-refractivity contribution in [1.82, 2.24) is 25.8 Å². The van der Waals surface area contributed by atoms with Crippen LogP contribution in [-0.2, 0) is 13.1 Å². The number of rotatable bonds is 9. The van der Waals surface area contributed by atoms with Gasteiger partial charge < -0.3 is 20.1 Å². The van der Waals surface area contributed by atoms with Crippen LogP contribution in [0, 0.1) is 6.92 Å². The third kappa shape index (κ3) is 7.11. The van der Waals surface area contributed by atoms with E-state index in [1.807, 2.05) is 24.3 Å². The Morgan fingerprint density at radius 1 is 1.09 bits per heavy atom. The van der Waals surface area contributed by atoms with Crippen molar-refractivity contribution >= 4 is 29.9 Å².